The molecular formula is C7H6F4O3Si. The molecule has 0 heterocycles. The maximum Gasteiger partial charge on any atom is 0.534 e. The predicted molar refractivity (Wildman–Crippen MR) is 43.1 cm³/mol. The van der Waals surface area contributed by atoms with Gasteiger partial charge < -0.3 is 14.0 Å². The van der Waals surface area contributed by atoms with Crippen LogP contribution in [0, 0.1) is 23.3 Å². The fraction of sp³-hybridized carbons (Fsp3) is 0.143. The molecule has 1 aromatic rings. The second-order valence-electron chi connectivity index (χ2n) is 2.66. The lowest BCUT2D eigenvalue weighted by atomic mass is 10.3. The van der Waals surface area contributed by atoms with Gasteiger partial charge in [-0.25, -0.2) is 17.6 Å². The second kappa shape index (κ2) is 3.89. The van der Waals surface area contributed by atoms with Gasteiger partial charge in [-0.15, -0.1) is 0 Å². The molecule has 0 aliphatic rings. The minimum Gasteiger partial charge on any atom is -0.386 e. The summed E-state index contributed by atoms with van der Waals surface area (Å²) in [6, 6.07) is 0.156. The minimum absolute atomic E-state index is 0.156. The molecule has 0 atom stereocenters. The molecule has 0 bridgehead atoms. The van der Waals surface area contributed by atoms with E-state index in [0.29, 0.717) is 0 Å². The first-order valence-corrected chi connectivity index (χ1v) is 5.45. The summed E-state index contributed by atoms with van der Waals surface area (Å²) < 4.78 is 54.9. The number of halogens is 4. The Kier molecular flexibility index (Phi) is 3.14. The average Bonchev–Trinajstić information content (AvgIpc) is 2.20. The number of rotatable bonds is 2. The molecule has 8 heteroatoms. The van der Waals surface area contributed by atoms with Gasteiger partial charge in [0.1, 0.15) is 0 Å². The van der Waals surface area contributed by atoms with Crippen molar-refractivity contribution in [3.05, 3.63) is 29.3 Å². The van der Waals surface area contributed by atoms with E-state index in [0.717, 1.165) is 7.11 Å². The summed E-state index contributed by atoms with van der Waals surface area (Å²) in [6.07, 6.45) is 0. The summed E-state index contributed by atoms with van der Waals surface area (Å²) in [6.45, 7) is 0. The molecule has 0 amide bonds. The third-order valence-corrected chi connectivity index (χ3v) is 3.37. The zero-order valence-electron chi connectivity index (χ0n) is 7.39. The molecule has 1 rings (SSSR count). The highest BCUT2D eigenvalue weighted by Crippen LogP contribution is 2.14. The van der Waals surface area contributed by atoms with Gasteiger partial charge in [0.2, 0.25) is 0 Å². The molecule has 84 valence electrons. The summed E-state index contributed by atoms with van der Waals surface area (Å²) in [5.41, 5.74) is 0. The third-order valence-electron chi connectivity index (χ3n) is 1.74. The predicted octanol–water partition coefficient (Wildman–Crippen LogP) is 0.0199. The van der Waals surface area contributed by atoms with Crippen molar-refractivity contribution in [2.24, 2.45) is 0 Å². The van der Waals surface area contributed by atoms with Gasteiger partial charge in [0.25, 0.3) is 0 Å². The highest BCUT2D eigenvalue weighted by molar-refractivity contribution is 6.72. The molecular weight excluding hydrogens is 236 g/mol. The highest BCUT2D eigenvalue weighted by Gasteiger charge is 2.40. The van der Waals surface area contributed by atoms with E-state index >= 15 is 0 Å². The normalized spacial score (nSPS) is 11.9. The Bertz CT molecular complexity index is 396. The van der Waals surface area contributed by atoms with E-state index < -0.39 is 37.3 Å². The molecule has 1 aromatic carbocycles. The van der Waals surface area contributed by atoms with Crippen molar-refractivity contribution in [3.8, 4) is 0 Å². The smallest absolute Gasteiger partial charge is 0.386 e. The lowest BCUT2D eigenvalue weighted by Gasteiger charge is -2.16. The Morgan fingerprint density at radius 2 is 1.60 bits per heavy atom. The lowest BCUT2D eigenvalue weighted by Crippen LogP contribution is -2.53. The number of benzene rings is 1. The minimum atomic E-state index is -4.71. The van der Waals surface area contributed by atoms with E-state index in [2.05, 4.69) is 4.43 Å². The van der Waals surface area contributed by atoms with Gasteiger partial charge in [-0.3, -0.25) is 0 Å². The van der Waals surface area contributed by atoms with Crippen molar-refractivity contribution in [2.45, 2.75) is 0 Å². The van der Waals surface area contributed by atoms with Crippen LogP contribution in [0.1, 0.15) is 0 Å². The Morgan fingerprint density at radius 3 is 2.07 bits per heavy atom. The standard InChI is InChI=1S/C7H6F4O3Si/c1-14-15(12,13)4-2-3(8)5(9)7(11)6(4)10/h2,12-13H,1H3. The molecule has 0 unspecified atom stereocenters. The molecule has 0 aliphatic heterocycles. The van der Waals surface area contributed by atoms with Crippen LogP contribution in [0.4, 0.5) is 17.6 Å². The Labute approximate surface area is 82.9 Å². The van der Waals surface area contributed by atoms with Crippen LogP contribution in [0.25, 0.3) is 0 Å². The largest absolute Gasteiger partial charge is 0.534 e. The first-order valence-electron chi connectivity index (χ1n) is 3.64. The molecule has 0 saturated carbocycles. The van der Waals surface area contributed by atoms with E-state index in [1.807, 2.05) is 0 Å². The van der Waals surface area contributed by atoms with E-state index in [9.17, 15) is 17.6 Å². The Hall–Kier alpha value is -0.963. The quantitative estimate of drug-likeness (QED) is 0.333. The zero-order valence-corrected chi connectivity index (χ0v) is 8.39. The fourth-order valence-corrected chi connectivity index (χ4v) is 1.85. The highest BCUT2D eigenvalue weighted by atomic mass is 28.4. The van der Waals surface area contributed by atoms with Crippen molar-refractivity contribution in [1.29, 1.82) is 0 Å². The van der Waals surface area contributed by atoms with Crippen molar-refractivity contribution in [1.82, 2.24) is 0 Å². The molecule has 2 N–H and O–H groups in total. The van der Waals surface area contributed by atoms with Gasteiger partial charge in [-0.05, 0) is 6.07 Å². The first-order chi connectivity index (χ1) is 6.81. The lowest BCUT2D eigenvalue weighted by molar-refractivity contribution is 0.202. The molecule has 15 heavy (non-hydrogen) atoms. The van der Waals surface area contributed by atoms with Crippen LogP contribution in [0.3, 0.4) is 0 Å². The first kappa shape index (κ1) is 12.1. The zero-order chi connectivity index (χ0) is 11.8. The van der Waals surface area contributed by atoms with Gasteiger partial charge in [-0.1, -0.05) is 0 Å². The van der Waals surface area contributed by atoms with Crippen LogP contribution in [0.2, 0.25) is 0 Å². The van der Waals surface area contributed by atoms with Crippen LogP contribution < -0.4 is 5.19 Å². The molecule has 0 radical (unpaired) electrons. The Balaban J connectivity index is 3.45. The van der Waals surface area contributed by atoms with Crippen molar-refractivity contribution < 1.29 is 31.6 Å². The van der Waals surface area contributed by atoms with Crippen LogP contribution in [0.15, 0.2) is 6.07 Å². The maximum atomic E-state index is 13.0. The summed E-state index contributed by atoms with van der Waals surface area (Å²) >= 11 is 0. The number of hydrogen-bond acceptors (Lipinski definition) is 3. The van der Waals surface area contributed by atoms with Crippen LogP contribution >= 0.6 is 0 Å². The number of hydrogen-bond donors (Lipinski definition) is 2. The van der Waals surface area contributed by atoms with Gasteiger partial charge in [0.05, 0.1) is 5.19 Å². The molecule has 3 nitrogen and oxygen atoms in total. The monoisotopic (exact) mass is 242 g/mol. The van der Waals surface area contributed by atoms with Crippen molar-refractivity contribution in [2.75, 3.05) is 7.11 Å². The summed E-state index contributed by atoms with van der Waals surface area (Å²) in [5, 5.41) is -1.11. The average molecular weight is 242 g/mol. The van der Waals surface area contributed by atoms with Gasteiger partial charge in [0.15, 0.2) is 23.3 Å². The molecule has 0 aromatic heterocycles. The van der Waals surface area contributed by atoms with Gasteiger partial charge in [-0.2, -0.15) is 0 Å². The summed E-state index contributed by atoms with van der Waals surface area (Å²) in [7, 11) is -3.88. The second-order valence-corrected chi connectivity index (χ2v) is 4.82. The van der Waals surface area contributed by atoms with E-state index in [1.165, 1.54) is 0 Å². The van der Waals surface area contributed by atoms with E-state index in [-0.39, 0.29) is 6.07 Å². The van der Waals surface area contributed by atoms with Gasteiger partial charge in [0, 0.05) is 7.11 Å². The molecule has 0 fully saturated rings. The van der Waals surface area contributed by atoms with E-state index in [4.69, 9.17) is 9.59 Å². The van der Waals surface area contributed by atoms with Crippen molar-refractivity contribution >= 4 is 14.0 Å². The summed E-state index contributed by atoms with van der Waals surface area (Å²) in [5.74, 6) is -7.72. The van der Waals surface area contributed by atoms with Crippen molar-refractivity contribution in [3.63, 3.8) is 0 Å². The van der Waals surface area contributed by atoms with Gasteiger partial charge >= 0.3 is 8.80 Å². The SMILES string of the molecule is CO[Si](O)(O)c1cc(F)c(F)c(F)c1F. The maximum absolute atomic E-state index is 13.0. The summed E-state index contributed by atoms with van der Waals surface area (Å²) in [4.78, 5) is 18.2. The molecule has 0 saturated heterocycles. The third kappa shape index (κ3) is 2.02. The van der Waals surface area contributed by atoms with Crippen LogP contribution in [-0.4, -0.2) is 25.5 Å². The van der Waals surface area contributed by atoms with Crippen LogP contribution in [0.5, 0.6) is 0 Å². The Morgan fingerprint density at radius 1 is 1.07 bits per heavy atom. The topological polar surface area (TPSA) is 49.7 Å². The molecule has 0 spiro atoms. The van der Waals surface area contributed by atoms with Crippen LogP contribution in [-0.2, 0) is 4.43 Å². The molecule has 0 aliphatic carbocycles. The van der Waals surface area contributed by atoms with E-state index in [1.54, 1.807) is 0 Å². The fourth-order valence-electron chi connectivity index (χ4n) is 0.920.